The summed E-state index contributed by atoms with van der Waals surface area (Å²) in [6.45, 7) is 3.95. The number of nitrogens with zero attached hydrogens (tertiary/aromatic N) is 2. The SMILES string of the molecule is CC(C)n1ncc(Cl)c1C(=O)CSc1ccccc1. The molecular weight excluding hydrogens is 280 g/mol. The second-order valence-corrected chi connectivity index (χ2v) is 5.86. The summed E-state index contributed by atoms with van der Waals surface area (Å²) < 4.78 is 1.68. The van der Waals surface area contributed by atoms with Gasteiger partial charge in [0.1, 0.15) is 5.69 Å². The predicted molar refractivity (Wildman–Crippen MR) is 79.1 cm³/mol. The molecule has 1 aromatic carbocycles. The smallest absolute Gasteiger partial charge is 0.192 e. The van der Waals surface area contributed by atoms with Gasteiger partial charge in [0.15, 0.2) is 5.78 Å². The van der Waals surface area contributed by atoms with Crippen LogP contribution in [0.3, 0.4) is 0 Å². The highest BCUT2D eigenvalue weighted by molar-refractivity contribution is 8.00. The quantitative estimate of drug-likeness (QED) is 0.615. The highest BCUT2D eigenvalue weighted by atomic mass is 35.5. The van der Waals surface area contributed by atoms with Gasteiger partial charge in [-0.15, -0.1) is 11.8 Å². The number of ketones is 1. The Hall–Kier alpha value is -1.26. The van der Waals surface area contributed by atoms with Crippen LogP contribution < -0.4 is 0 Å². The second-order valence-electron chi connectivity index (χ2n) is 4.40. The maximum absolute atomic E-state index is 12.3. The van der Waals surface area contributed by atoms with Crippen molar-refractivity contribution in [3.05, 3.63) is 47.2 Å². The molecule has 1 heterocycles. The molecule has 100 valence electrons. The summed E-state index contributed by atoms with van der Waals surface area (Å²) in [5.41, 5.74) is 0.500. The van der Waals surface area contributed by atoms with Crippen molar-refractivity contribution in [2.24, 2.45) is 0 Å². The average Bonchev–Trinajstić information content (AvgIpc) is 2.79. The van der Waals surface area contributed by atoms with Crippen molar-refractivity contribution in [2.75, 3.05) is 5.75 Å². The molecule has 0 radical (unpaired) electrons. The van der Waals surface area contributed by atoms with Gasteiger partial charge in [-0.05, 0) is 26.0 Å². The van der Waals surface area contributed by atoms with Crippen LogP contribution in [0.2, 0.25) is 5.02 Å². The monoisotopic (exact) mass is 294 g/mol. The van der Waals surface area contributed by atoms with Crippen molar-refractivity contribution in [1.29, 1.82) is 0 Å². The van der Waals surface area contributed by atoms with Crippen molar-refractivity contribution in [3.63, 3.8) is 0 Å². The lowest BCUT2D eigenvalue weighted by molar-refractivity contribution is 0.101. The minimum Gasteiger partial charge on any atom is -0.291 e. The van der Waals surface area contributed by atoms with Crippen LogP contribution in [-0.2, 0) is 0 Å². The van der Waals surface area contributed by atoms with Gasteiger partial charge in [0.2, 0.25) is 0 Å². The fourth-order valence-electron chi connectivity index (χ4n) is 1.73. The van der Waals surface area contributed by atoms with E-state index in [9.17, 15) is 4.79 Å². The van der Waals surface area contributed by atoms with Crippen LogP contribution in [0.25, 0.3) is 0 Å². The summed E-state index contributed by atoms with van der Waals surface area (Å²) in [5, 5.41) is 4.57. The third-order valence-electron chi connectivity index (χ3n) is 2.62. The molecule has 0 aliphatic rings. The maximum Gasteiger partial charge on any atom is 0.192 e. The first kappa shape index (κ1) is 14.2. The van der Waals surface area contributed by atoms with Gasteiger partial charge >= 0.3 is 0 Å². The molecule has 0 atom stereocenters. The molecule has 1 aromatic heterocycles. The normalized spacial score (nSPS) is 10.9. The van der Waals surface area contributed by atoms with E-state index >= 15 is 0 Å². The molecule has 0 spiro atoms. The van der Waals surface area contributed by atoms with Crippen LogP contribution in [0, 0.1) is 0 Å². The zero-order valence-corrected chi connectivity index (χ0v) is 12.4. The first-order chi connectivity index (χ1) is 9.09. The van der Waals surface area contributed by atoms with E-state index in [2.05, 4.69) is 5.10 Å². The van der Waals surface area contributed by atoms with Crippen LogP contribution in [-0.4, -0.2) is 21.3 Å². The number of Topliss-reactive ketones (excluding diaryl/α,β-unsaturated/α-hetero) is 1. The molecule has 0 aliphatic heterocycles. The fraction of sp³-hybridized carbons (Fsp3) is 0.286. The molecule has 5 heteroatoms. The number of hydrogen-bond donors (Lipinski definition) is 0. The van der Waals surface area contributed by atoms with E-state index in [1.165, 1.54) is 18.0 Å². The number of rotatable bonds is 5. The van der Waals surface area contributed by atoms with E-state index in [4.69, 9.17) is 11.6 Å². The standard InChI is InChI=1S/C14H15ClN2OS/c1-10(2)17-14(12(15)8-16-17)13(18)9-19-11-6-4-3-5-7-11/h3-8,10H,9H2,1-2H3. The number of benzene rings is 1. The van der Waals surface area contributed by atoms with Gasteiger partial charge in [-0.2, -0.15) is 5.10 Å². The molecule has 3 nitrogen and oxygen atoms in total. The van der Waals surface area contributed by atoms with Gasteiger partial charge in [-0.3, -0.25) is 9.48 Å². The molecular formula is C14H15ClN2OS. The number of aromatic nitrogens is 2. The zero-order valence-electron chi connectivity index (χ0n) is 10.8. The predicted octanol–water partition coefficient (Wildman–Crippen LogP) is 4.09. The van der Waals surface area contributed by atoms with Crippen LogP contribution in [0.15, 0.2) is 41.4 Å². The largest absolute Gasteiger partial charge is 0.291 e. The van der Waals surface area contributed by atoms with E-state index in [0.29, 0.717) is 16.5 Å². The van der Waals surface area contributed by atoms with Gasteiger partial charge < -0.3 is 0 Å². The number of hydrogen-bond acceptors (Lipinski definition) is 3. The van der Waals surface area contributed by atoms with Crippen LogP contribution in [0.1, 0.15) is 30.4 Å². The Morgan fingerprint density at radius 1 is 1.37 bits per heavy atom. The molecule has 0 saturated heterocycles. The number of halogens is 1. The highest BCUT2D eigenvalue weighted by Crippen LogP contribution is 2.23. The lowest BCUT2D eigenvalue weighted by Gasteiger charge is -2.10. The van der Waals surface area contributed by atoms with Crippen molar-refractivity contribution >= 4 is 29.1 Å². The molecule has 0 saturated carbocycles. The molecule has 2 rings (SSSR count). The minimum atomic E-state index is 0.00468. The zero-order chi connectivity index (χ0) is 13.8. The van der Waals surface area contributed by atoms with Gasteiger partial charge in [-0.1, -0.05) is 29.8 Å². The molecule has 0 N–H and O–H groups in total. The van der Waals surface area contributed by atoms with E-state index in [1.54, 1.807) is 4.68 Å². The van der Waals surface area contributed by atoms with Gasteiger partial charge in [0.25, 0.3) is 0 Å². The Kier molecular flexibility index (Phi) is 4.66. The third kappa shape index (κ3) is 3.39. The maximum atomic E-state index is 12.3. The van der Waals surface area contributed by atoms with Gasteiger partial charge in [0.05, 0.1) is 17.0 Å². The Morgan fingerprint density at radius 2 is 2.05 bits per heavy atom. The lowest BCUT2D eigenvalue weighted by Crippen LogP contribution is -2.14. The topological polar surface area (TPSA) is 34.9 Å². The Bertz CT molecular complexity index is 566. The molecule has 0 unspecified atom stereocenters. The molecule has 0 aliphatic carbocycles. The van der Waals surface area contributed by atoms with Gasteiger partial charge in [-0.25, -0.2) is 0 Å². The van der Waals surface area contributed by atoms with Crippen molar-refractivity contribution < 1.29 is 4.79 Å². The van der Waals surface area contributed by atoms with E-state index < -0.39 is 0 Å². The molecule has 0 fully saturated rings. The minimum absolute atomic E-state index is 0.00468. The van der Waals surface area contributed by atoms with Crippen LogP contribution in [0.5, 0.6) is 0 Å². The number of carbonyl (C=O) groups is 1. The molecule has 0 bridgehead atoms. The van der Waals surface area contributed by atoms with Crippen molar-refractivity contribution in [2.45, 2.75) is 24.8 Å². The average molecular weight is 295 g/mol. The summed E-state index contributed by atoms with van der Waals surface area (Å²) >= 11 is 7.56. The Balaban J connectivity index is 2.10. The second kappa shape index (κ2) is 6.26. The van der Waals surface area contributed by atoms with E-state index in [1.807, 2.05) is 44.2 Å². The Labute approximate surface area is 122 Å². The number of thioether (sulfide) groups is 1. The lowest BCUT2D eigenvalue weighted by atomic mass is 10.3. The molecule has 2 aromatic rings. The van der Waals surface area contributed by atoms with E-state index in [0.717, 1.165) is 4.90 Å². The number of carbonyl (C=O) groups excluding carboxylic acids is 1. The van der Waals surface area contributed by atoms with Crippen molar-refractivity contribution in [3.8, 4) is 0 Å². The highest BCUT2D eigenvalue weighted by Gasteiger charge is 2.19. The summed E-state index contributed by atoms with van der Waals surface area (Å²) in [6, 6.07) is 9.96. The first-order valence-electron chi connectivity index (χ1n) is 6.03. The fourth-order valence-corrected chi connectivity index (χ4v) is 2.75. The van der Waals surface area contributed by atoms with E-state index in [-0.39, 0.29) is 11.8 Å². The molecule has 0 amide bonds. The third-order valence-corrected chi connectivity index (χ3v) is 3.91. The summed E-state index contributed by atoms with van der Waals surface area (Å²) in [6.07, 6.45) is 1.53. The van der Waals surface area contributed by atoms with Crippen molar-refractivity contribution in [1.82, 2.24) is 9.78 Å². The summed E-state index contributed by atoms with van der Waals surface area (Å²) in [4.78, 5) is 13.3. The van der Waals surface area contributed by atoms with Crippen LogP contribution in [0.4, 0.5) is 0 Å². The summed E-state index contributed by atoms with van der Waals surface area (Å²) in [7, 11) is 0. The Morgan fingerprint density at radius 3 is 2.68 bits per heavy atom. The van der Waals surface area contributed by atoms with Crippen LogP contribution >= 0.6 is 23.4 Å². The molecule has 19 heavy (non-hydrogen) atoms. The van der Waals surface area contributed by atoms with Gasteiger partial charge in [0, 0.05) is 10.9 Å². The first-order valence-corrected chi connectivity index (χ1v) is 7.40. The summed E-state index contributed by atoms with van der Waals surface area (Å²) in [5.74, 6) is 0.368.